The maximum absolute atomic E-state index is 11.4. The fourth-order valence-electron chi connectivity index (χ4n) is 2.60. The van der Waals surface area contributed by atoms with Gasteiger partial charge >= 0.3 is 0 Å². The Morgan fingerprint density at radius 3 is 2.42 bits per heavy atom. The summed E-state index contributed by atoms with van der Waals surface area (Å²) in [5, 5.41) is 2.93. The lowest BCUT2D eigenvalue weighted by Crippen LogP contribution is -2.26. The van der Waals surface area contributed by atoms with E-state index in [0.717, 1.165) is 13.0 Å². The minimum absolute atomic E-state index is 0.321. The molecule has 2 aliphatic rings. The second-order valence-electron chi connectivity index (χ2n) is 4.08. The van der Waals surface area contributed by atoms with Gasteiger partial charge in [0.1, 0.15) is 0 Å². The number of carbonyl (C=O) groups is 1. The molecular formula is C10H17NO. The van der Waals surface area contributed by atoms with E-state index in [-0.39, 0.29) is 0 Å². The van der Waals surface area contributed by atoms with Crippen molar-refractivity contribution in [2.75, 3.05) is 6.54 Å². The van der Waals surface area contributed by atoms with E-state index in [1.807, 2.05) is 0 Å². The summed E-state index contributed by atoms with van der Waals surface area (Å²) in [7, 11) is 0. The second-order valence-corrected chi connectivity index (χ2v) is 4.08. The largest absolute Gasteiger partial charge is 0.356 e. The number of rotatable bonds is 1. The van der Waals surface area contributed by atoms with Gasteiger partial charge in [0.15, 0.2) is 0 Å². The molecule has 2 fully saturated rings. The Balaban J connectivity index is 1.93. The predicted molar refractivity (Wildman–Crippen MR) is 47.7 cm³/mol. The predicted octanol–water partition coefficient (Wildman–Crippen LogP) is 1.70. The molecule has 1 N–H and O–H groups in total. The lowest BCUT2D eigenvalue weighted by molar-refractivity contribution is -0.124. The number of hydrogen-bond donors (Lipinski definition) is 1. The molecular weight excluding hydrogens is 150 g/mol. The van der Waals surface area contributed by atoms with E-state index in [2.05, 4.69) is 5.32 Å². The van der Waals surface area contributed by atoms with E-state index in [1.165, 1.54) is 32.1 Å². The van der Waals surface area contributed by atoms with Gasteiger partial charge in [0.2, 0.25) is 5.91 Å². The van der Waals surface area contributed by atoms with E-state index >= 15 is 0 Å². The van der Waals surface area contributed by atoms with Gasteiger partial charge in [0.25, 0.3) is 0 Å². The summed E-state index contributed by atoms with van der Waals surface area (Å²) >= 11 is 0. The monoisotopic (exact) mass is 167 g/mol. The van der Waals surface area contributed by atoms with Crippen molar-refractivity contribution in [3.05, 3.63) is 0 Å². The van der Waals surface area contributed by atoms with E-state index in [1.54, 1.807) is 0 Å². The van der Waals surface area contributed by atoms with Crippen molar-refractivity contribution in [3.63, 3.8) is 0 Å². The van der Waals surface area contributed by atoms with Crippen LogP contribution in [0.3, 0.4) is 0 Å². The minimum atomic E-state index is 0.321. The fraction of sp³-hybridized carbons (Fsp3) is 0.900. The smallest absolute Gasteiger partial charge is 0.223 e. The molecule has 0 unspecified atom stereocenters. The third-order valence-corrected chi connectivity index (χ3v) is 3.31. The lowest BCUT2D eigenvalue weighted by atomic mass is 9.79. The zero-order chi connectivity index (χ0) is 8.39. The third kappa shape index (κ3) is 1.47. The van der Waals surface area contributed by atoms with Gasteiger partial charge < -0.3 is 5.32 Å². The summed E-state index contributed by atoms with van der Waals surface area (Å²) < 4.78 is 0. The third-order valence-electron chi connectivity index (χ3n) is 3.31. The van der Waals surface area contributed by atoms with Crippen LogP contribution in [0.4, 0.5) is 0 Å². The van der Waals surface area contributed by atoms with Crippen LogP contribution in [0.2, 0.25) is 0 Å². The number of nitrogens with one attached hydrogen (secondary N) is 1. The van der Waals surface area contributed by atoms with Gasteiger partial charge in [0, 0.05) is 12.5 Å². The van der Waals surface area contributed by atoms with Crippen LogP contribution < -0.4 is 5.32 Å². The molecule has 1 atom stereocenters. The summed E-state index contributed by atoms with van der Waals surface area (Å²) in [6, 6.07) is 0. The van der Waals surface area contributed by atoms with Gasteiger partial charge in [-0.15, -0.1) is 0 Å². The van der Waals surface area contributed by atoms with Crippen molar-refractivity contribution in [3.8, 4) is 0 Å². The Bertz CT molecular complexity index is 173. The Labute approximate surface area is 73.7 Å². The van der Waals surface area contributed by atoms with Crippen molar-refractivity contribution < 1.29 is 4.79 Å². The van der Waals surface area contributed by atoms with Crippen molar-refractivity contribution >= 4 is 5.91 Å². The molecule has 1 saturated heterocycles. The molecule has 0 spiro atoms. The molecule has 2 nitrogen and oxygen atoms in total. The molecule has 1 saturated carbocycles. The first-order valence-electron chi connectivity index (χ1n) is 5.15. The molecule has 12 heavy (non-hydrogen) atoms. The molecule has 0 aromatic carbocycles. The van der Waals surface area contributed by atoms with Crippen LogP contribution in [0.1, 0.15) is 38.5 Å². The van der Waals surface area contributed by atoms with Gasteiger partial charge in [0.05, 0.1) is 0 Å². The topological polar surface area (TPSA) is 29.1 Å². The molecule has 0 aromatic heterocycles. The summed E-state index contributed by atoms with van der Waals surface area (Å²) in [4.78, 5) is 11.4. The Morgan fingerprint density at radius 1 is 1.08 bits per heavy atom. The number of hydrogen-bond acceptors (Lipinski definition) is 1. The van der Waals surface area contributed by atoms with E-state index < -0.39 is 0 Å². The van der Waals surface area contributed by atoms with Crippen LogP contribution in [0.25, 0.3) is 0 Å². The maximum atomic E-state index is 11.4. The van der Waals surface area contributed by atoms with Crippen LogP contribution in [-0.2, 0) is 4.79 Å². The summed E-state index contributed by atoms with van der Waals surface area (Å²) in [6.07, 6.45) is 7.73. The highest BCUT2D eigenvalue weighted by Gasteiger charge is 2.32. The van der Waals surface area contributed by atoms with Gasteiger partial charge in [-0.3, -0.25) is 4.79 Å². The Hall–Kier alpha value is -0.530. The van der Waals surface area contributed by atoms with Crippen LogP contribution >= 0.6 is 0 Å². The molecule has 0 bridgehead atoms. The van der Waals surface area contributed by atoms with Gasteiger partial charge in [-0.25, -0.2) is 0 Å². The number of carbonyl (C=O) groups excluding carboxylic acids is 1. The zero-order valence-corrected chi connectivity index (χ0v) is 7.51. The van der Waals surface area contributed by atoms with E-state index in [9.17, 15) is 4.79 Å². The zero-order valence-electron chi connectivity index (χ0n) is 7.51. The summed E-state index contributed by atoms with van der Waals surface area (Å²) in [6.45, 7) is 0.917. The van der Waals surface area contributed by atoms with Gasteiger partial charge in [-0.05, 0) is 25.2 Å². The molecule has 0 aromatic rings. The SMILES string of the molecule is O=C1NCC[C@H]1C1CCCCC1. The molecule has 1 heterocycles. The van der Waals surface area contributed by atoms with E-state index in [0.29, 0.717) is 17.7 Å². The highest BCUT2D eigenvalue weighted by Crippen LogP contribution is 2.33. The Morgan fingerprint density at radius 2 is 1.83 bits per heavy atom. The van der Waals surface area contributed by atoms with Crippen LogP contribution in [0.5, 0.6) is 0 Å². The molecule has 2 rings (SSSR count). The second kappa shape index (κ2) is 3.46. The Kier molecular flexibility index (Phi) is 2.33. The number of amides is 1. The average Bonchev–Trinajstić information content (AvgIpc) is 2.53. The first-order chi connectivity index (χ1) is 5.88. The van der Waals surface area contributed by atoms with Crippen molar-refractivity contribution in [2.45, 2.75) is 38.5 Å². The van der Waals surface area contributed by atoms with Crippen molar-refractivity contribution in [1.29, 1.82) is 0 Å². The van der Waals surface area contributed by atoms with Crippen molar-refractivity contribution in [2.24, 2.45) is 11.8 Å². The van der Waals surface area contributed by atoms with Gasteiger partial charge in [-0.2, -0.15) is 0 Å². The van der Waals surface area contributed by atoms with E-state index in [4.69, 9.17) is 0 Å². The summed E-state index contributed by atoms with van der Waals surface area (Å²) in [5.74, 6) is 1.40. The van der Waals surface area contributed by atoms with Crippen LogP contribution in [0.15, 0.2) is 0 Å². The molecule has 2 heteroatoms. The molecule has 0 radical (unpaired) electrons. The molecule has 1 aliphatic carbocycles. The molecule has 1 aliphatic heterocycles. The quantitative estimate of drug-likeness (QED) is 0.632. The van der Waals surface area contributed by atoms with Crippen molar-refractivity contribution in [1.82, 2.24) is 5.32 Å². The first-order valence-corrected chi connectivity index (χ1v) is 5.15. The highest BCUT2D eigenvalue weighted by atomic mass is 16.2. The highest BCUT2D eigenvalue weighted by molar-refractivity contribution is 5.80. The lowest BCUT2D eigenvalue weighted by Gasteiger charge is -2.25. The summed E-state index contributed by atoms with van der Waals surface area (Å²) in [5.41, 5.74) is 0. The molecule has 1 amide bonds. The van der Waals surface area contributed by atoms with Crippen LogP contribution in [-0.4, -0.2) is 12.5 Å². The van der Waals surface area contributed by atoms with Gasteiger partial charge in [-0.1, -0.05) is 19.3 Å². The standard InChI is InChI=1S/C10H17NO/c12-10-9(6-7-11-10)8-4-2-1-3-5-8/h8-9H,1-7H2,(H,11,12)/t9-/m0/s1. The van der Waals surface area contributed by atoms with Crippen LogP contribution in [0, 0.1) is 11.8 Å². The molecule has 68 valence electrons. The fourth-order valence-corrected chi connectivity index (χ4v) is 2.60. The average molecular weight is 167 g/mol. The minimum Gasteiger partial charge on any atom is -0.356 e. The maximum Gasteiger partial charge on any atom is 0.223 e. The first kappa shape index (κ1) is 8.09. The normalized spacial score (nSPS) is 32.0.